The molecule has 0 aliphatic heterocycles. The van der Waals surface area contributed by atoms with E-state index in [4.69, 9.17) is 9.15 Å². The van der Waals surface area contributed by atoms with Gasteiger partial charge in [0.1, 0.15) is 11.6 Å². The molecule has 0 fully saturated rings. The van der Waals surface area contributed by atoms with Gasteiger partial charge in [0.25, 0.3) is 5.91 Å². The normalized spacial score (nSPS) is 11.8. The Hall–Kier alpha value is -2.63. The topological polar surface area (TPSA) is 68.5 Å². The summed E-state index contributed by atoms with van der Waals surface area (Å²) in [6.45, 7) is 3.56. The summed E-state index contributed by atoms with van der Waals surface area (Å²) in [7, 11) is 0. The Morgan fingerprint density at radius 3 is 2.58 bits per heavy atom. The summed E-state index contributed by atoms with van der Waals surface area (Å²) in [4.78, 5) is 23.6. The Morgan fingerprint density at radius 1 is 1.21 bits per heavy atom. The average molecular weight is 333 g/mol. The summed E-state index contributed by atoms with van der Waals surface area (Å²) in [5.74, 6) is -1.02. The zero-order valence-corrected chi connectivity index (χ0v) is 13.7. The standard InChI is InChI=1S/C18H20FNO4/c1-3-4-12(2)20-17(21)11-23-18(22)16-10-9-15(24-16)13-5-7-14(19)8-6-13/h5-10,12H,3-4,11H2,1-2H3,(H,20,21). The molecule has 1 aromatic heterocycles. The molecule has 2 rings (SSSR count). The fraction of sp³-hybridized carbons (Fsp3) is 0.333. The number of carbonyl (C=O) groups is 2. The lowest BCUT2D eigenvalue weighted by Gasteiger charge is -2.12. The zero-order chi connectivity index (χ0) is 17.5. The molecule has 1 heterocycles. The largest absolute Gasteiger partial charge is 0.450 e. The van der Waals surface area contributed by atoms with Crippen LogP contribution in [-0.4, -0.2) is 24.5 Å². The first-order valence-corrected chi connectivity index (χ1v) is 7.82. The fourth-order valence-electron chi connectivity index (χ4n) is 2.24. The number of amides is 1. The second-order valence-electron chi connectivity index (χ2n) is 5.50. The highest BCUT2D eigenvalue weighted by molar-refractivity contribution is 5.89. The Balaban J connectivity index is 1.89. The third kappa shape index (κ3) is 4.94. The van der Waals surface area contributed by atoms with Crippen LogP contribution in [0.5, 0.6) is 0 Å². The summed E-state index contributed by atoms with van der Waals surface area (Å²) < 4.78 is 23.2. The van der Waals surface area contributed by atoms with Crippen LogP contribution in [0, 0.1) is 5.82 Å². The van der Waals surface area contributed by atoms with Crippen molar-refractivity contribution in [3.05, 3.63) is 48.0 Å². The number of ether oxygens (including phenoxy) is 1. The van der Waals surface area contributed by atoms with Gasteiger partial charge in [-0.1, -0.05) is 13.3 Å². The summed E-state index contributed by atoms with van der Waals surface area (Å²) >= 11 is 0. The molecular weight excluding hydrogens is 313 g/mol. The third-order valence-corrected chi connectivity index (χ3v) is 3.40. The van der Waals surface area contributed by atoms with Gasteiger partial charge in [0.2, 0.25) is 5.76 Å². The van der Waals surface area contributed by atoms with Crippen LogP contribution in [0.2, 0.25) is 0 Å². The number of benzene rings is 1. The molecule has 24 heavy (non-hydrogen) atoms. The molecule has 128 valence electrons. The maximum absolute atomic E-state index is 12.9. The number of carbonyl (C=O) groups excluding carboxylic acids is 2. The molecule has 1 atom stereocenters. The lowest BCUT2D eigenvalue weighted by atomic mass is 10.2. The Kier molecular flexibility index (Phi) is 6.12. The number of halogens is 1. The van der Waals surface area contributed by atoms with E-state index in [1.807, 2.05) is 13.8 Å². The lowest BCUT2D eigenvalue weighted by Crippen LogP contribution is -2.35. The minimum absolute atomic E-state index is 0.0104. The van der Waals surface area contributed by atoms with Crippen LogP contribution in [0.4, 0.5) is 4.39 Å². The fourth-order valence-corrected chi connectivity index (χ4v) is 2.24. The van der Waals surface area contributed by atoms with Gasteiger partial charge < -0.3 is 14.5 Å². The minimum Gasteiger partial charge on any atom is -0.450 e. The van der Waals surface area contributed by atoms with Crippen molar-refractivity contribution in [2.45, 2.75) is 32.7 Å². The molecule has 0 saturated carbocycles. The van der Waals surface area contributed by atoms with Crippen molar-refractivity contribution < 1.29 is 23.1 Å². The van der Waals surface area contributed by atoms with Crippen LogP contribution in [0.15, 0.2) is 40.8 Å². The molecule has 0 saturated heterocycles. The molecule has 1 unspecified atom stereocenters. The lowest BCUT2D eigenvalue weighted by molar-refractivity contribution is -0.124. The second-order valence-corrected chi connectivity index (χ2v) is 5.50. The second kappa shape index (κ2) is 8.29. The van der Waals surface area contributed by atoms with E-state index < -0.39 is 5.97 Å². The van der Waals surface area contributed by atoms with Crippen LogP contribution >= 0.6 is 0 Å². The van der Waals surface area contributed by atoms with Gasteiger partial charge in [-0.05, 0) is 49.7 Å². The van der Waals surface area contributed by atoms with Crippen molar-refractivity contribution in [2.24, 2.45) is 0 Å². The van der Waals surface area contributed by atoms with Crippen molar-refractivity contribution in [3.63, 3.8) is 0 Å². The molecular formula is C18H20FNO4. The summed E-state index contributed by atoms with van der Waals surface area (Å²) in [5.41, 5.74) is 0.640. The molecule has 1 aromatic carbocycles. The van der Waals surface area contributed by atoms with Gasteiger partial charge in [-0.3, -0.25) is 4.79 Å². The molecule has 0 radical (unpaired) electrons. The number of esters is 1. The zero-order valence-electron chi connectivity index (χ0n) is 13.7. The van der Waals surface area contributed by atoms with E-state index in [9.17, 15) is 14.0 Å². The van der Waals surface area contributed by atoms with Crippen molar-refractivity contribution >= 4 is 11.9 Å². The highest BCUT2D eigenvalue weighted by Gasteiger charge is 2.16. The minimum atomic E-state index is -0.721. The number of nitrogens with one attached hydrogen (secondary N) is 1. The molecule has 1 N–H and O–H groups in total. The van der Waals surface area contributed by atoms with Crippen LogP contribution in [-0.2, 0) is 9.53 Å². The smallest absolute Gasteiger partial charge is 0.374 e. The van der Waals surface area contributed by atoms with Gasteiger partial charge in [0, 0.05) is 11.6 Å². The molecule has 1 amide bonds. The maximum Gasteiger partial charge on any atom is 0.374 e. The molecule has 6 heteroatoms. The predicted octanol–water partition coefficient (Wildman–Crippen LogP) is 3.55. The predicted molar refractivity (Wildman–Crippen MR) is 86.9 cm³/mol. The third-order valence-electron chi connectivity index (χ3n) is 3.40. The van der Waals surface area contributed by atoms with Crippen molar-refractivity contribution in [1.82, 2.24) is 5.32 Å². The van der Waals surface area contributed by atoms with Crippen LogP contribution in [0.25, 0.3) is 11.3 Å². The van der Waals surface area contributed by atoms with Crippen LogP contribution in [0.3, 0.4) is 0 Å². The summed E-state index contributed by atoms with van der Waals surface area (Å²) in [5, 5.41) is 2.74. The first kappa shape index (κ1) is 17.7. The van der Waals surface area contributed by atoms with Gasteiger partial charge in [-0.15, -0.1) is 0 Å². The van der Waals surface area contributed by atoms with Crippen LogP contribution < -0.4 is 5.32 Å². The molecule has 2 aromatic rings. The van der Waals surface area contributed by atoms with Gasteiger partial charge in [0.15, 0.2) is 6.61 Å². The number of hydrogen-bond acceptors (Lipinski definition) is 4. The van der Waals surface area contributed by atoms with Gasteiger partial charge in [-0.25, -0.2) is 9.18 Å². The monoisotopic (exact) mass is 333 g/mol. The van der Waals surface area contributed by atoms with Crippen molar-refractivity contribution in [1.29, 1.82) is 0 Å². The van der Waals surface area contributed by atoms with Gasteiger partial charge in [0.05, 0.1) is 0 Å². The molecule has 0 spiro atoms. The molecule has 5 nitrogen and oxygen atoms in total. The average Bonchev–Trinajstić information content (AvgIpc) is 3.03. The quantitative estimate of drug-likeness (QED) is 0.787. The van der Waals surface area contributed by atoms with E-state index in [0.717, 1.165) is 12.8 Å². The van der Waals surface area contributed by atoms with Gasteiger partial charge in [-0.2, -0.15) is 0 Å². The molecule has 0 aliphatic carbocycles. The van der Waals surface area contributed by atoms with Crippen LogP contribution in [0.1, 0.15) is 37.2 Å². The van der Waals surface area contributed by atoms with E-state index >= 15 is 0 Å². The van der Waals surface area contributed by atoms with E-state index in [1.54, 1.807) is 18.2 Å². The first-order chi connectivity index (χ1) is 11.5. The van der Waals surface area contributed by atoms with E-state index in [2.05, 4.69) is 5.32 Å². The maximum atomic E-state index is 12.9. The summed E-state index contributed by atoms with van der Waals surface area (Å²) in [6, 6.07) is 8.79. The molecule has 0 aliphatic rings. The van der Waals surface area contributed by atoms with E-state index in [1.165, 1.54) is 18.2 Å². The Bertz CT molecular complexity index is 693. The first-order valence-electron chi connectivity index (χ1n) is 7.82. The number of rotatable bonds is 7. The Morgan fingerprint density at radius 2 is 1.92 bits per heavy atom. The van der Waals surface area contributed by atoms with Gasteiger partial charge >= 0.3 is 5.97 Å². The van der Waals surface area contributed by atoms with E-state index in [0.29, 0.717) is 11.3 Å². The highest BCUT2D eigenvalue weighted by atomic mass is 19.1. The SMILES string of the molecule is CCCC(C)NC(=O)COC(=O)c1ccc(-c2ccc(F)cc2)o1. The number of furan rings is 1. The summed E-state index contributed by atoms with van der Waals surface area (Å²) in [6.07, 6.45) is 1.82. The van der Waals surface area contributed by atoms with Crippen molar-refractivity contribution in [3.8, 4) is 11.3 Å². The Labute approximate surface area is 139 Å². The number of hydrogen-bond donors (Lipinski definition) is 1. The highest BCUT2D eigenvalue weighted by Crippen LogP contribution is 2.22. The van der Waals surface area contributed by atoms with Crippen molar-refractivity contribution in [2.75, 3.05) is 6.61 Å². The molecule has 0 bridgehead atoms. The van der Waals surface area contributed by atoms with E-state index in [-0.39, 0.29) is 30.1 Å².